The van der Waals surface area contributed by atoms with Crippen molar-refractivity contribution in [2.45, 2.75) is 120 Å². The number of piperidine rings is 1. The number of pyridine rings is 1. The molecule has 75 heavy (non-hydrogen) atoms. The summed E-state index contributed by atoms with van der Waals surface area (Å²) < 4.78 is 35.3. The maximum absolute atomic E-state index is 13.6. The Bertz CT molecular complexity index is 2700. The van der Waals surface area contributed by atoms with Crippen molar-refractivity contribution in [2.75, 3.05) is 67.3 Å². The van der Waals surface area contributed by atoms with Crippen LogP contribution in [0.1, 0.15) is 82.6 Å². The molecule has 5 fully saturated rings. The van der Waals surface area contributed by atoms with Crippen molar-refractivity contribution in [3.05, 3.63) is 78.5 Å². The molecule has 23 heteroatoms. The molecule has 2 unspecified atom stereocenters. The van der Waals surface area contributed by atoms with E-state index in [1.165, 1.54) is 6.07 Å². The fraction of sp³-hybridized carbons (Fsp3) is 0.519. The van der Waals surface area contributed by atoms with Gasteiger partial charge >= 0.3 is 19.9 Å². The summed E-state index contributed by atoms with van der Waals surface area (Å²) in [5.74, 6) is -1.73. The number of carbonyl (C=O) groups is 4. The Kier molecular flexibility index (Phi) is 16.8. The number of unbranched alkanes of at least 4 members (excludes halogenated alkanes) is 1. The van der Waals surface area contributed by atoms with Gasteiger partial charge in [-0.15, -0.1) is 10.2 Å². The molecule has 3 atom stereocenters. The second kappa shape index (κ2) is 23.6. The molecule has 9 rings (SSSR count). The molecule has 3 saturated heterocycles. The predicted molar refractivity (Wildman–Crippen MR) is 277 cm³/mol. The van der Waals surface area contributed by atoms with Crippen molar-refractivity contribution < 1.29 is 57.4 Å². The number of hydrogen-bond acceptors (Lipinski definition) is 16. The van der Waals surface area contributed by atoms with Crippen LogP contribution in [0.5, 0.6) is 11.6 Å². The number of amides is 3. The molecule has 2 saturated carbocycles. The van der Waals surface area contributed by atoms with E-state index < -0.39 is 43.2 Å². The van der Waals surface area contributed by atoms with Gasteiger partial charge in [-0.1, -0.05) is 30.7 Å². The zero-order chi connectivity index (χ0) is 52.7. The van der Waals surface area contributed by atoms with E-state index in [-0.39, 0.29) is 66.6 Å². The summed E-state index contributed by atoms with van der Waals surface area (Å²) in [7, 11) is -1.05. The van der Waals surface area contributed by atoms with Gasteiger partial charge in [-0.25, -0.2) is 14.3 Å². The molecule has 4 aromatic rings. The topological polar surface area (TPSA) is 279 Å². The quantitative estimate of drug-likeness (QED) is 0.0282. The molecule has 2 aliphatic carbocycles. The minimum absolute atomic E-state index is 0.0417. The fourth-order valence-electron chi connectivity index (χ4n) is 10.6. The van der Waals surface area contributed by atoms with Gasteiger partial charge in [-0.3, -0.25) is 29.5 Å². The first-order chi connectivity index (χ1) is 36.1. The van der Waals surface area contributed by atoms with Crippen LogP contribution in [-0.2, 0) is 35.0 Å². The molecule has 0 spiro atoms. The minimum atomic E-state index is -4.94. The highest BCUT2D eigenvalue weighted by Gasteiger charge is 2.52. The lowest BCUT2D eigenvalue weighted by Crippen LogP contribution is -2.55. The molecule has 2 bridgehead atoms. The lowest BCUT2D eigenvalue weighted by Gasteiger charge is -2.43. The largest absolute Gasteiger partial charge is 0.524 e. The van der Waals surface area contributed by atoms with E-state index >= 15 is 0 Å². The second-order valence-corrected chi connectivity index (χ2v) is 21.6. The highest BCUT2D eigenvalue weighted by Crippen LogP contribution is 2.45. The number of carboxylic acid groups (broad SMARTS) is 1. The molecular weight excluding hydrogens is 988 g/mol. The Morgan fingerprint density at radius 1 is 0.893 bits per heavy atom. The average Bonchev–Trinajstić information content (AvgIpc) is 3.62. The average molecular weight is 1060 g/mol. The van der Waals surface area contributed by atoms with Crippen LogP contribution >= 0.6 is 7.82 Å². The summed E-state index contributed by atoms with van der Waals surface area (Å²) in [6.45, 7) is 3.70. The van der Waals surface area contributed by atoms with Crippen LogP contribution in [-0.4, -0.2) is 142 Å². The first kappa shape index (κ1) is 53.4. The Morgan fingerprint density at radius 2 is 1.63 bits per heavy atom. The number of ether oxygens (including phenoxy) is 3. The van der Waals surface area contributed by atoms with Crippen LogP contribution in [0.4, 0.5) is 27.7 Å². The summed E-state index contributed by atoms with van der Waals surface area (Å²) in [6.07, 6.45) is 9.83. The van der Waals surface area contributed by atoms with Crippen LogP contribution in [0.15, 0.2) is 72.9 Å². The van der Waals surface area contributed by atoms with E-state index in [0.29, 0.717) is 61.3 Å². The Balaban J connectivity index is 0.852. The number of carbonyl (C=O) groups excluding carboxylic acids is 3. The molecule has 7 N–H and O–H groups in total. The molecule has 22 nitrogen and oxygen atoms in total. The summed E-state index contributed by atoms with van der Waals surface area (Å²) in [4.78, 5) is 82.9. The zero-order valence-corrected chi connectivity index (χ0v) is 43.2. The SMILES string of the molecule is CN(C)CCCC[C@H](NC(=O)C1(C(=O)O)CCC1)C(=O)Nc1ccc(COC(=O)Nc2nnc(-c3ccccc3OP(=O)(O)O)cc2N2CC3CCC(C2)N3c2ccnc(O[C@H]3C[C@H](OC4CCNCC4)C3)c2)cc1. The van der Waals surface area contributed by atoms with Gasteiger partial charge in [0.05, 0.1) is 23.6 Å². The number of nitrogens with one attached hydrogen (secondary N) is 4. The number of phosphoric ester groups is 1. The van der Waals surface area contributed by atoms with Gasteiger partial charge in [0.25, 0.3) is 0 Å². The summed E-state index contributed by atoms with van der Waals surface area (Å²) in [5.41, 5.74) is 1.56. The number of hydrogen-bond donors (Lipinski definition) is 7. The van der Waals surface area contributed by atoms with Crippen molar-refractivity contribution in [3.63, 3.8) is 0 Å². The van der Waals surface area contributed by atoms with E-state index in [1.54, 1.807) is 54.7 Å². The van der Waals surface area contributed by atoms with Crippen molar-refractivity contribution in [1.82, 2.24) is 30.7 Å². The number of phosphoric acid groups is 1. The maximum atomic E-state index is 13.6. The summed E-state index contributed by atoms with van der Waals surface area (Å²) in [5, 5.41) is 30.3. The van der Waals surface area contributed by atoms with E-state index in [2.05, 4.69) is 46.2 Å². The number of aromatic nitrogens is 3. The monoisotopic (exact) mass is 1050 g/mol. The molecule has 402 valence electrons. The van der Waals surface area contributed by atoms with Crippen LogP contribution in [0, 0.1) is 5.41 Å². The second-order valence-electron chi connectivity index (χ2n) is 20.5. The number of piperazine rings is 1. The van der Waals surface area contributed by atoms with E-state index in [1.807, 2.05) is 31.1 Å². The molecule has 2 aromatic heterocycles. The van der Waals surface area contributed by atoms with Gasteiger partial charge in [-0.05, 0) is 133 Å². The van der Waals surface area contributed by atoms with Gasteiger partial charge in [0, 0.05) is 67.2 Å². The van der Waals surface area contributed by atoms with Gasteiger partial charge in [0.1, 0.15) is 29.9 Å². The number of aliphatic carboxylic acids is 1. The van der Waals surface area contributed by atoms with Crippen LogP contribution in [0.2, 0.25) is 0 Å². The number of carboxylic acids is 1. The first-order valence-corrected chi connectivity index (χ1v) is 27.4. The normalized spacial score (nSPS) is 21.6. The zero-order valence-electron chi connectivity index (χ0n) is 42.3. The number of para-hydroxylation sites is 1. The molecule has 2 aromatic carbocycles. The third-order valence-corrected chi connectivity index (χ3v) is 15.3. The Hall–Kier alpha value is -6.42. The molecule has 5 heterocycles. The van der Waals surface area contributed by atoms with Gasteiger partial charge in [0.15, 0.2) is 5.82 Å². The molecule has 3 amide bonds. The summed E-state index contributed by atoms with van der Waals surface area (Å²) in [6, 6.07) is 17.8. The number of nitrogens with zero attached hydrogens (tertiary/aromatic N) is 6. The molecule has 5 aliphatic rings. The van der Waals surface area contributed by atoms with E-state index in [4.69, 9.17) is 18.7 Å². The third kappa shape index (κ3) is 13.3. The maximum Gasteiger partial charge on any atom is 0.524 e. The van der Waals surface area contributed by atoms with Crippen molar-refractivity contribution in [1.29, 1.82) is 0 Å². The Morgan fingerprint density at radius 3 is 2.31 bits per heavy atom. The fourth-order valence-corrected chi connectivity index (χ4v) is 11.0. The highest BCUT2D eigenvalue weighted by atomic mass is 31.2. The van der Waals surface area contributed by atoms with Crippen molar-refractivity contribution >= 4 is 54.6 Å². The highest BCUT2D eigenvalue weighted by molar-refractivity contribution is 7.46. The predicted octanol–water partition coefficient (Wildman–Crippen LogP) is 5.70. The number of anilines is 4. The van der Waals surface area contributed by atoms with E-state index in [9.17, 15) is 38.6 Å². The van der Waals surface area contributed by atoms with Crippen molar-refractivity contribution in [3.8, 4) is 22.9 Å². The van der Waals surface area contributed by atoms with Crippen molar-refractivity contribution in [2.24, 2.45) is 5.41 Å². The molecule has 3 aliphatic heterocycles. The number of benzene rings is 2. The standard InChI is InChI=1S/C52H67N10O12P/c1-60(2)25-6-5-9-42(56-49(64)52(50(65)66)20-7-21-52)48(63)55-34-13-11-33(12-14-34)32-71-51(67)57-47-44(29-43(58-59-47)41-8-3-4-10-45(41)74-75(68,69)70)61-30-36-15-16-37(31-61)62(36)35-17-24-54-46(26-35)73-40-27-39(28-40)72-38-18-22-53-23-19-38/h3-4,8,10-14,17,24,26,29,36-40,42,53H,5-7,9,15-16,18-23,25,27-28,30-32H2,1-2H3,(H,55,63)(H,56,64)(H,65,66)(H,57,59,67)(H2,68,69,70)/t36?,37?,39-,40-,42-/m0/s1. The van der Waals surface area contributed by atoms with Crippen LogP contribution < -0.4 is 40.3 Å². The van der Waals surface area contributed by atoms with Gasteiger partial charge in [-0.2, -0.15) is 0 Å². The lowest BCUT2D eigenvalue weighted by molar-refractivity contribution is -0.162. The third-order valence-electron chi connectivity index (χ3n) is 14.8. The molecule has 0 radical (unpaired) electrons. The molecular formula is C52H67N10O12P. The van der Waals surface area contributed by atoms with Gasteiger partial charge < -0.3 is 54.5 Å². The number of rotatable bonds is 22. The van der Waals surface area contributed by atoms with Crippen LogP contribution in [0.3, 0.4) is 0 Å². The van der Waals surface area contributed by atoms with Gasteiger partial charge in [0.2, 0.25) is 17.7 Å². The Labute approximate surface area is 435 Å². The minimum Gasteiger partial charge on any atom is -0.480 e. The van der Waals surface area contributed by atoms with E-state index in [0.717, 1.165) is 70.3 Å². The first-order valence-electron chi connectivity index (χ1n) is 25.9. The number of fused-ring (bicyclic) bond motifs is 2. The lowest BCUT2D eigenvalue weighted by atomic mass is 9.68. The smallest absolute Gasteiger partial charge is 0.480 e. The van der Waals surface area contributed by atoms with Crippen LogP contribution in [0.25, 0.3) is 11.3 Å². The summed E-state index contributed by atoms with van der Waals surface area (Å²) >= 11 is 0.